The van der Waals surface area contributed by atoms with Crippen molar-refractivity contribution in [3.63, 3.8) is 0 Å². The normalized spacial score (nSPS) is 31.3. The number of rotatable bonds is 9. The molecule has 3 fully saturated rings. The van der Waals surface area contributed by atoms with Crippen molar-refractivity contribution in [3.05, 3.63) is 76.1 Å². The molecule has 1 spiro atoms. The minimum atomic E-state index is -1.07. The molecule has 10 heteroatoms. The third kappa shape index (κ3) is 6.01. The van der Waals surface area contributed by atoms with Gasteiger partial charge >= 0.3 is 5.97 Å². The van der Waals surface area contributed by atoms with Gasteiger partial charge in [0.15, 0.2) is 11.5 Å². The van der Waals surface area contributed by atoms with Crippen molar-refractivity contribution in [2.24, 2.45) is 11.8 Å². The largest absolute Gasteiger partial charge is 0.493 e. The predicted octanol–water partition coefficient (Wildman–Crippen LogP) is 7.42. The zero-order valence-electron chi connectivity index (χ0n) is 30.2. The van der Waals surface area contributed by atoms with Gasteiger partial charge in [-0.15, -0.1) is 0 Å². The molecule has 3 aliphatic heterocycles. The Morgan fingerprint density at radius 3 is 2.58 bits per heavy atom. The van der Waals surface area contributed by atoms with Gasteiger partial charge in [0.05, 0.1) is 25.9 Å². The van der Waals surface area contributed by atoms with E-state index in [4.69, 9.17) is 30.5 Å². The summed E-state index contributed by atoms with van der Waals surface area (Å²) in [6.07, 6.45) is 9.72. The summed E-state index contributed by atoms with van der Waals surface area (Å²) in [6.45, 7) is 8.48. The number of halogens is 1. The number of anilines is 1. The van der Waals surface area contributed by atoms with E-state index in [-0.39, 0.29) is 17.6 Å². The second-order valence-corrected chi connectivity index (χ2v) is 17.0. The number of benzene rings is 2. The van der Waals surface area contributed by atoms with Crippen LogP contribution < -0.4 is 19.5 Å². The van der Waals surface area contributed by atoms with Crippen LogP contribution in [-0.2, 0) is 27.8 Å². The molecule has 52 heavy (non-hydrogen) atoms. The van der Waals surface area contributed by atoms with Gasteiger partial charge in [0, 0.05) is 41.3 Å². The van der Waals surface area contributed by atoms with Crippen molar-refractivity contribution in [3.8, 4) is 17.2 Å². The van der Waals surface area contributed by atoms with Crippen LogP contribution in [0, 0.1) is 11.8 Å². The number of carboxylic acids is 1. The predicted molar refractivity (Wildman–Crippen MR) is 199 cm³/mol. The molecule has 3 aliphatic carbocycles. The summed E-state index contributed by atoms with van der Waals surface area (Å²) in [4.78, 5) is 20.2. The third-order valence-corrected chi connectivity index (χ3v) is 13.5. The number of fused-ring (bicyclic) bond motifs is 5. The van der Waals surface area contributed by atoms with Gasteiger partial charge in [-0.2, -0.15) is 0 Å². The molecule has 0 radical (unpaired) electrons. The van der Waals surface area contributed by atoms with E-state index in [9.17, 15) is 9.90 Å². The molecule has 1 aromatic heterocycles. The molecule has 0 amide bonds. The summed E-state index contributed by atoms with van der Waals surface area (Å²) in [6, 6.07) is 14.4. The van der Waals surface area contributed by atoms with E-state index in [0.29, 0.717) is 48.3 Å². The minimum absolute atomic E-state index is 0.00830. The average molecular weight is 728 g/mol. The second kappa shape index (κ2) is 13.4. The van der Waals surface area contributed by atoms with Crippen molar-refractivity contribution < 1.29 is 28.8 Å². The first-order valence-corrected chi connectivity index (χ1v) is 19.8. The van der Waals surface area contributed by atoms with Crippen LogP contribution in [-0.4, -0.2) is 77.7 Å². The van der Waals surface area contributed by atoms with Gasteiger partial charge in [-0.3, -0.25) is 9.88 Å². The molecule has 3 aromatic rings. The first-order chi connectivity index (χ1) is 25.2. The van der Waals surface area contributed by atoms with Crippen molar-refractivity contribution in [1.82, 2.24) is 9.88 Å². The summed E-state index contributed by atoms with van der Waals surface area (Å²) >= 11 is 6.31. The quantitative estimate of drug-likeness (QED) is 0.233. The van der Waals surface area contributed by atoms with Gasteiger partial charge in [-0.25, -0.2) is 4.79 Å². The monoisotopic (exact) mass is 727 g/mol. The Balaban J connectivity index is 0.982. The number of ether oxygens (including phenoxy) is 4. The SMILES string of the molecule is C[C@@H](COc1ccnc2c1[C@H](C)CCC2)C[C@H]1Cc2cc3c(cc2C12CCC(Nc1cccc(Cl)c1)(C(=O)O)CC2)O[C@H]1CN(C2COC2)C[C@H]1O3. The molecular weight excluding hydrogens is 678 g/mol. The summed E-state index contributed by atoms with van der Waals surface area (Å²) in [5, 5.41) is 14.7. The molecule has 2 saturated heterocycles. The van der Waals surface area contributed by atoms with Gasteiger partial charge in [0.25, 0.3) is 0 Å². The highest BCUT2D eigenvalue weighted by Gasteiger charge is 2.55. The van der Waals surface area contributed by atoms with Gasteiger partial charge in [0.1, 0.15) is 23.5 Å². The summed E-state index contributed by atoms with van der Waals surface area (Å²) < 4.78 is 25.5. The lowest BCUT2D eigenvalue weighted by Crippen LogP contribution is -2.53. The number of hydrogen-bond donors (Lipinski definition) is 2. The molecule has 6 aliphatic rings. The van der Waals surface area contributed by atoms with Crippen LogP contribution in [0.15, 0.2) is 48.7 Å². The molecule has 2 N–H and O–H groups in total. The van der Waals surface area contributed by atoms with Crippen LogP contribution >= 0.6 is 11.6 Å². The van der Waals surface area contributed by atoms with E-state index in [1.54, 1.807) is 0 Å². The number of likely N-dealkylation sites (tertiary alicyclic amines) is 1. The topological polar surface area (TPSA) is 102 Å². The van der Waals surface area contributed by atoms with Crippen molar-refractivity contribution in [1.29, 1.82) is 0 Å². The highest BCUT2D eigenvalue weighted by molar-refractivity contribution is 6.30. The number of hydrogen-bond acceptors (Lipinski definition) is 8. The fourth-order valence-electron chi connectivity index (χ4n) is 10.4. The Morgan fingerprint density at radius 2 is 1.87 bits per heavy atom. The van der Waals surface area contributed by atoms with Gasteiger partial charge in [0.2, 0.25) is 0 Å². The molecule has 1 saturated carbocycles. The van der Waals surface area contributed by atoms with Crippen LogP contribution in [0.3, 0.4) is 0 Å². The Hall–Kier alpha value is -3.53. The lowest BCUT2D eigenvalue weighted by atomic mass is 9.59. The molecule has 9 rings (SSSR count). The van der Waals surface area contributed by atoms with E-state index < -0.39 is 11.5 Å². The standard InChI is InChI=1S/C42H50ClN3O6/c1-25(22-50-34-9-14-44-33-8-3-5-26(2)39(33)34)15-28-16-27-17-35-36(52-38-21-46(20-37(38)51-35)31-23-49-24-31)19-32(27)41(28)10-12-42(13-11-41,40(47)48)45-30-7-4-6-29(43)18-30/h4,6-7,9,14,17-19,25-26,28,31,37-38,45H,3,5,8,10-13,15-16,20-24H2,1-2H3,(H,47,48)/t25-,26-,28+,37-,38+,41?,42?/m1/s1. The molecule has 0 unspecified atom stereocenters. The molecule has 0 bridgehead atoms. The average Bonchev–Trinajstić information content (AvgIpc) is 3.62. The number of carboxylic acid groups (broad SMARTS) is 1. The smallest absolute Gasteiger partial charge is 0.329 e. The summed E-state index contributed by atoms with van der Waals surface area (Å²) in [7, 11) is 0. The number of nitrogens with one attached hydrogen (secondary N) is 1. The lowest BCUT2D eigenvalue weighted by molar-refractivity contribution is -0.144. The van der Waals surface area contributed by atoms with Crippen LogP contribution in [0.5, 0.6) is 17.2 Å². The van der Waals surface area contributed by atoms with Crippen LogP contribution in [0.4, 0.5) is 5.69 Å². The van der Waals surface area contributed by atoms with Crippen LogP contribution in [0.25, 0.3) is 0 Å². The summed E-state index contributed by atoms with van der Waals surface area (Å²) in [5.74, 6) is 2.93. The van der Waals surface area contributed by atoms with Gasteiger partial charge < -0.3 is 29.4 Å². The van der Waals surface area contributed by atoms with E-state index in [2.05, 4.69) is 41.2 Å². The van der Waals surface area contributed by atoms with Crippen molar-refractivity contribution in [2.45, 2.75) is 107 Å². The highest BCUT2D eigenvalue weighted by atomic mass is 35.5. The Kier molecular flexibility index (Phi) is 8.83. The van der Waals surface area contributed by atoms with E-state index in [1.807, 2.05) is 36.5 Å². The van der Waals surface area contributed by atoms with Gasteiger partial charge in [-0.1, -0.05) is 31.5 Å². The Morgan fingerprint density at radius 1 is 1.10 bits per heavy atom. The number of aliphatic carboxylic acids is 1. The maximum Gasteiger partial charge on any atom is 0.329 e. The second-order valence-electron chi connectivity index (χ2n) is 16.6. The van der Waals surface area contributed by atoms with E-state index >= 15 is 0 Å². The number of carbonyl (C=O) groups is 1. The zero-order valence-corrected chi connectivity index (χ0v) is 31.0. The maximum absolute atomic E-state index is 13.1. The molecular formula is C42H50ClN3O6. The number of nitrogens with zero attached hydrogens (tertiary/aromatic N) is 2. The lowest BCUT2D eigenvalue weighted by Gasteiger charge is -2.47. The van der Waals surface area contributed by atoms with E-state index in [0.717, 1.165) is 81.3 Å². The highest BCUT2D eigenvalue weighted by Crippen LogP contribution is 2.58. The Labute approximate surface area is 311 Å². The first-order valence-electron chi connectivity index (χ1n) is 19.4. The fraction of sp³-hybridized carbons (Fsp3) is 0.571. The zero-order chi connectivity index (χ0) is 35.6. The Bertz CT molecular complexity index is 1840. The fourth-order valence-corrected chi connectivity index (χ4v) is 10.5. The molecule has 276 valence electrons. The third-order valence-electron chi connectivity index (χ3n) is 13.3. The maximum atomic E-state index is 13.1. The minimum Gasteiger partial charge on any atom is -0.493 e. The molecule has 5 atom stereocenters. The number of aromatic nitrogens is 1. The molecule has 2 aromatic carbocycles. The van der Waals surface area contributed by atoms with Crippen molar-refractivity contribution in [2.75, 3.05) is 38.2 Å². The first kappa shape index (κ1) is 34.3. The van der Waals surface area contributed by atoms with Gasteiger partial charge in [-0.05, 0) is 128 Å². The van der Waals surface area contributed by atoms with Crippen LogP contribution in [0.2, 0.25) is 5.02 Å². The number of pyridine rings is 1. The molecule has 9 nitrogen and oxygen atoms in total. The number of aryl methyl sites for hydroxylation is 1. The summed E-state index contributed by atoms with van der Waals surface area (Å²) in [5.41, 5.74) is 4.58. The van der Waals surface area contributed by atoms with E-state index in [1.165, 1.54) is 35.2 Å². The van der Waals surface area contributed by atoms with Crippen LogP contribution in [0.1, 0.15) is 87.1 Å². The molecule has 4 heterocycles. The van der Waals surface area contributed by atoms with Crippen molar-refractivity contribution >= 4 is 23.3 Å².